The molecule has 0 aliphatic carbocycles. The standard InChI is InChI=1S/C26H20Cl3N3O4/c1-14-3-9-18(13-19(14)27)32-25(34)23(29)24(26(32)35)31-16-6-4-15(5-7-16)11-22(33)30-17-8-10-21(36-2)20(28)12-17/h3-10,12-13,31H,11H2,1-2H3,(H,30,33). The highest BCUT2D eigenvalue weighted by atomic mass is 35.5. The number of ether oxygens (including phenoxy) is 1. The molecule has 1 heterocycles. The van der Waals surface area contributed by atoms with Crippen molar-refractivity contribution in [3.8, 4) is 5.75 Å². The van der Waals surface area contributed by atoms with Crippen LogP contribution in [0.5, 0.6) is 5.75 Å². The zero-order valence-corrected chi connectivity index (χ0v) is 21.5. The number of halogens is 3. The summed E-state index contributed by atoms with van der Waals surface area (Å²) in [6.07, 6.45) is 0.118. The van der Waals surface area contributed by atoms with Gasteiger partial charge in [-0.15, -0.1) is 0 Å². The molecule has 0 radical (unpaired) electrons. The van der Waals surface area contributed by atoms with Crippen LogP contribution in [-0.2, 0) is 20.8 Å². The Labute approximate surface area is 222 Å². The quantitative estimate of drug-likeness (QED) is 0.360. The van der Waals surface area contributed by atoms with Crippen molar-refractivity contribution in [1.29, 1.82) is 0 Å². The Morgan fingerprint density at radius 3 is 2.22 bits per heavy atom. The van der Waals surface area contributed by atoms with Gasteiger partial charge in [-0.25, -0.2) is 4.90 Å². The molecule has 0 spiro atoms. The van der Waals surface area contributed by atoms with Gasteiger partial charge < -0.3 is 15.4 Å². The van der Waals surface area contributed by atoms with Crippen LogP contribution >= 0.6 is 34.8 Å². The Bertz CT molecular complexity index is 1400. The first-order chi connectivity index (χ1) is 17.2. The molecule has 0 fully saturated rings. The molecule has 7 nitrogen and oxygen atoms in total. The smallest absolute Gasteiger partial charge is 0.283 e. The van der Waals surface area contributed by atoms with Gasteiger partial charge in [0.15, 0.2) is 0 Å². The maximum Gasteiger partial charge on any atom is 0.283 e. The number of aryl methyl sites for hydroxylation is 1. The van der Waals surface area contributed by atoms with E-state index in [9.17, 15) is 14.4 Å². The van der Waals surface area contributed by atoms with Crippen LogP contribution in [0.4, 0.5) is 17.1 Å². The van der Waals surface area contributed by atoms with E-state index in [-0.39, 0.29) is 23.1 Å². The zero-order chi connectivity index (χ0) is 26.0. The summed E-state index contributed by atoms with van der Waals surface area (Å²) in [5, 5.41) is 6.29. The summed E-state index contributed by atoms with van der Waals surface area (Å²) in [5.74, 6) is -0.949. The maximum atomic E-state index is 13.0. The lowest BCUT2D eigenvalue weighted by Gasteiger charge is -2.16. The van der Waals surface area contributed by atoms with Crippen LogP contribution in [0.1, 0.15) is 11.1 Å². The van der Waals surface area contributed by atoms with Gasteiger partial charge in [0.25, 0.3) is 11.8 Å². The van der Waals surface area contributed by atoms with Gasteiger partial charge >= 0.3 is 0 Å². The van der Waals surface area contributed by atoms with E-state index >= 15 is 0 Å². The molecule has 1 aliphatic rings. The predicted molar refractivity (Wildman–Crippen MR) is 142 cm³/mol. The van der Waals surface area contributed by atoms with Gasteiger partial charge in [-0.1, -0.05) is 53.0 Å². The van der Waals surface area contributed by atoms with E-state index < -0.39 is 11.8 Å². The Morgan fingerprint density at radius 1 is 0.889 bits per heavy atom. The van der Waals surface area contributed by atoms with Gasteiger partial charge in [-0.3, -0.25) is 14.4 Å². The summed E-state index contributed by atoms with van der Waals surface area (Å²) < 4.78 is 5.11. The number of benzene rings is 3. The minimum absolute atomic E-state index is 0.0414. The van der Waals surface area contributed by atoms with Crippen molar-refractivity contribution in [3.63, 3.8) is 0 Å². The molecular formula is C26H20Cl3N3O4. The second kappa shape index (κ2) is 10.6. The van der Waals surface area contributed by atoms with Gasteiger partial charge in [0.2, 0.25) is 5.91 Å². The summed E-state index contributed by atoms with van der Waals surface area (Å²) in [6, 6.07) is 16.7. The number of hydrogen-bond acceptors (Lipinski definition) is 5. The fourth-order valence-corrected chi connectivity index (χ4v) is 4.20. The lowest BCUT2D eigenvalue weighted by molar-refractivity contribution is -0.120. The highest BCUT2D eigenvalue weighted by Gasteiger charge is 2.39. The van der Waals surface area contributed by atoms with Crippen molar-refractivity contribution < 1.29 is 19.1 Å². The molecule has 10 heteroatoms. The van der Waals surface area contributed by atoms with Crippen LogP contribution in [0, 0.1) is 6.92 Å². The number of amides is 3. The second-order valence-electron chi connectivity index (χ2n) is 7.96. The number of nitrogens with one attached hydrogen (secondary N) is 2. The molecule has 2 N–H and O–H groups in total. The molecule has 0 bridgehead atoms. The van der Waals surface area contributed by atoms with Crippen LogP contribution in [0.25, 0.3) is 0 Å². The average Bonchev–Trinajstić information content (AvgIpc) is 3.05. The molecule has 4 rings (SSSR count). The zero-order valence-electron chi connectivity index (χ0n) is 19.2. The molecule has 0 atom stereocenters. The number of imide groups is 1. The van der Waals surface area contributed by atoms with Crippen molar-refractivity contribution in [2.45, 2.75) is 13.3 Å². The SMILES string of the molecule is COc1ccc(NC(=O)Cc2ccc(NC3=C(Cl)C(=O)N(c4ccc(C)c(Cl)c4)C3=O)cc2)cc1Cl. The molecule has 0 aromatic heterocycles. The normalized spacial score (nSPS) is 13.3. The van der Waals surface area contributed by atoms with Crippen LogP contribution in [0.2, 0.25) is 10.0 Å². The Kier molecular flexibility index (Phi) is 7.54. The average molecular weight is 545 g/mol. The van der Waals surface area contributed by atoms with Gasteiger partial charge in [0.1, 0.15) is 16.5 Å². The number of carbonyl (C=O) groups excluding carboxylic acids is 3. The number of carbonyl (C=O) groups is 3. The number of rotatable bonds is 7. The first-order valence-corrected chi connectivity index (χ1v) is 11.9. The second-order valence-corrected chi connectivity index (χ2v) is 9.16. The van der Waals surface area contributed by atoms with E-state index in [1.165, 1.54) is 7.11 Å². The van der Waals surface area contributed by atoms with Gasteiger partial charge in [0.05, 0.1) is 24.2 Å². The molecule has 3 aromatic carbocycles. The molecule has 0 saturated heterocycles. The fourth-order valence-electron chi connectivity index (χ4n) is 3.55. The molecule has 184 valence electrons. The van der Waals surface area contributed by atoms with E-state index in [2.05, 4.69) is 10.6 Å². The summed E-state index contributed by atoms with van der Waals surface area (Å²) in [4.78, 5) is 39.0. The van der Waals surface area contributed by atoms with Crippen LogP contribution in [0.3, 0.4) is 0 Å². The third-order valence-electron chi connectivity index (χ3n) is 5.46. The Balaban J connectivity index is 1.41. The van der Waals surface area contributed by atoms with Crippen LogP contribution in [-0.4, -0.2) is 24.8 Å². The van der Waals surface area contributed by atoms with E-state index in [4.69, 9.17) is 39.5 Å². The molecular weight excluding hydrogens is 525 g/mol. The molecule has 0 saturated carbocycles. The van der Waals surface area contributed by atoms with Crippen LogP contribution in [0.15, 0.2) is 71.4 Å². The third-order valence-corrected chi connectivity index (χ3v) is 6.52. The van der Waals surface area contributed by atoms with Crippen molar-refractivity contribution in [2.75, 3.05) is 22.6 Å². The number of methoxy groups -OCH3 is 1. The highest BCUT2D eigenvalue weighted by Crippen LogP contribution is 2.32. The summed E-state index contributed by atoms with van der Waals surface area (Å²) in [5.41, 5.74) is 2.92. The van der Waals surface area contributed by atoms with E-state index in [0.717, 1.165) is 16.0 Å². The van der Waals surface area contributed by atoms with Crippen molar-refractivity contribution in [3.05, 3.63) is 92.6 Å². The van der Waals surface area contributed by atoms with E-state index in [1.54, 1.807) is 60.7 Å². The molecule has 3 amide bonds. The highest BCUT2D eigenvalue weighted by molar-refractivity contribution is 6.53. The summed E-state index contributed by atoms with van der Waals surface area (Å²) in [6.45, 7) is 1.82. The van der Waals surface area contributed by atoms with Crippen molar-refractivity contribution in [2.24, 2.45) is 0 Å². The molecule has 36 heavy (non-hydrogen) atoms. The van der Waals surface area contributed by atoms with Crippen LogP contribution < -0.4 is 20.3 Å². The molecule has 1 aliphatic heterocycles. The molecule has 0 unspecified atom stereocenters. The van der Waals surface area contributed by atoms with Gasteiger partial charge in [-0.05, 0) is 60.5 Å². The first kappa shape index (κ1) is 25.6. The first-order valence-electron chi connectivity index (χ1n) is 10.7. The van der Waals surface area contributed by atoms with Crippen molar-refractivity contribution >= 4 is 69.6 Å². The summed E-state index contributed by atoms with van der Waals surface area (Å²) >= 11 is 18.4. The minimum Gasteiger partial charge on any atom is -0.495 e. The summed E-state index contributed by atoms with van der Waals surface area (Å²) in [7, 11) is 1.51. The topological polar surface area (TPSA) is 87.7 Å². The maximum absolute atomic E-state index is 13.0. The monoisotopic (exact) mass is 543 g/mol. The van der Waals surface area contributed by atoms with Crippen molar-refractivity contribution in [1.82, 2.24) is 0 Å². The van der Waals surface area contributed by atoms with Gasteiger partial charge in [0, 0.05) is 16.4 Å². The fraction of sp³-hybridized carbons (Fsp3) is 0.115. The molecule has 3 aromatic rings. The number of hydrogen-bond donors (Lipinski definition) is 2. The van der Waals surface area contributed by atoms with E-state index in [0.29, 0.717) is 32.9 Å². The predicted octanol–water partition coefficient (Wildman–Crippen LogP) is 5.93. The minimum atomic E-state index is -0.643. The number of anilines is 3. The Hall–Kier alpha value is -3.52. The van der Waals surface area contributed by atoms with Gasteiger partial charge in [-0.2, -0.15) is 0 Å². The lowest BCUT2D eigenvalue weighted by atomic mass is 10.1. The third kappa shape index (κ3) is 5.33. The number of nitrogens with zero attached hydrogens (tertiary/aromatic N) is 1. The van der Waals surface area contributed by atoms with E-state index in [1.807, 2.05) is 6.92 Å². The lowest BCUT2D eigenvalue weighted by Crippen LogP contribution is -2.32. The Morgan fingerprint density at radius 2 is 1.58 bits per heavy atom. The largest absolute Gasteiger partial charge is 0.495 e.